The van der Waals surface area contributed by atoms with Crippen molar-refractivity contribution in [1.29, 1.82) is 0 Å². The molecular weight excluding hydrogens is 369 g/mol. The van der Waals surface area contributed by atoms with E-state index in [9.17, 15) is 22.8 Å². The van der Waals surface area contributed by atoms with Crippen LogP contribution in [0.5, 0.6) is 0 Å². The Bertz CT molecular complexity index is 721. The van der Waals surface area contributed by atoms with Gasteiger partial charge in [0.1, 0.15) is 0 Å². The van der Waals surface area contributed by atoms with Crippen LogP contribution < -0.4 is 5.32 Å². The number of nitrogens with zero attached hydrogens (tertiary/aromatic N) is 1. The van der Waals surface area contributed by atoms with Gasteiger partial charge in [-0.1, -0.05) is 19.9 Å². The van der Waals surface area contributed by atoms with E-state index in [0.717, 1.165) is 32.1 Å². The second kappa shape index (κ2) is 6.23. The Balaban J connectivity index is 1.58. The largest absolute Gasteiger partial charge is 0.471 e. The van der Waals surface area contributed by atoms with Crippen LogP contribution in [0.15, 0.2) is 12.2 Å². The van der Waals surface area contributed by atoms with Gasteiger partial charge >= 0.3 is 12.1 Å². The van der Waals surface area contributed by atoms with Crippen LogP contribution in [0.2, 0.25) is 0 Å². The number of hydrogen-bond donors (Lipinski definition) is 1. The molecule has 0 aromatic carbocycles. The zero-order chi connectivity index (χ0) is 20.5. The summed E-state index contributed by atoms with van der Waals surface area (Å²) in [4.78, 5) is 25.5. The van der Waals surface area contributed by atoms with E-state index in [0.29, 0.717) is 24.2 Å². The molecule has 0 radical (unpaired) electrons. The molecule has 1 heterocycles. The van der Waals surface area contributed by atoms with E-state index in [1.165, 1.54) is 0 Å². The van der Waals surface area contributed by atoms with Gasteiger partial charge in [0.05, 0.1) is 0 Å². The van der Waals surface area contributed by atoms with E-state index >= 15 is 0 Å². The molecule has 3 saturated carbocycles. The van der Waals surface area contributed by atoms with E-state index in [4.69, 9.17) is 0 Å². The van der Waals surface area contributed by atoms with Crippen molar-refractivity contribution in [1.82, 2.24) is 10.2 Å². The molecule has 0 aromatic rings. The summed E-state index contributed by atoms with van der Waals surface area (Å²) in [7, 11) is 1.88. The summed E-state index contributed by atoms with van der Waals surface area (Å²) in [5, 5.41) is 2.30. The van der Waals surface area contributed by atoms with E-state index in [1.54, 1.807) is 6.08 Å². The first-order valence-electron chi connectivity index (χ1n) is 10.3. The highest BCUT2D eigenvalue weighted by Gasteiger charge is 2.61. The lowest BCUT2D eigenvalue weighted by Gasteiger charge is -2.60. The molecule has 0 saturated heterocycles. The molecule has 1 aliphatic heterocycles. The summed E-state index contributed by atoms with van der Waals surface area (Å²) in [5.41, 5.74) is -0.369. The molecule has 156 valence electrons. The Morgan fingerprint density at radius 2 is 1.86 bits per heavy atom. The standard InChI is InChI=1S/C21H29F3N2O2/c1-19-10-8-14-12(4-7-16-20(14,2)11-9-17(27)26(16)3)13(19)5-6-15(19)25-18(28)21(22,23)24/h9,11-16H,4-8,10H2,1-3H3,(H,25,28)/t12-,13-,14-,15?,16+,19-,20+/m0/s1. The summed E-state index contributed by atoms with van der Waals surface area (Å²) in [6, 6.07) is -0.220. The maximum absolute atomic E-state index is 12.8. The molecule has 28 heavy (non-hydrogen) atoms. The number of fused-ring (bicyclic) bond motifs is 5. The first kappa shape index (κ1) is 19.8. The van der Waals surface area contributed by atoms with Gasteiger partial charge in [-0.2, -0.15) is 13.2 Å². The Hall–Kier alpha value is -1.53. The van der Waals surface area contributed by atoms with Crippen molar-refractivity contribution in [3.8, 4) is 0 Å². The molecule has 7 atom stereocenters. The predicted octanol–water partition coefficient (Wildman–Crippen LogP) is 3.67. The van der Waals surface area contributed by atoms with Crippen LogP contribution in [0.1, 0.15) is 52.4 Å². The summed E-state index contributed by atoms with van der Waals surface area (Å²) in [5.74, 6) is -0.587. The van der Waals surface area contributed by atoms with Crippen molar-refractivity contribution in [3.05, 3.63) is 12.2 Å². The third kappa shape index (κ3) is 2.71. The Labute approximate surface area is 163 Å². The number of carbonyl (C=O) groups excluding carboxylic acids is 2. The highest BCUT2D eigenvalue weighted by Crippen LogP contribution is 2.63. The van der Waals surface area contributed by atoms with Crippen LogP contribution in [0, 0.1) is 28.6 Å². The maximum Gasteiger partial charge on any atom is 0.471 e. The minimum Gasteiger partial charge on any atom is -0.345 e. The smallest absolute Gasteiger partial charge is 0.345 e. The summed E-state index contributed by atoms with van der Waals surface area (Å²) in [6.07, 6.45) is 4.09. The number of amides is 2. The molecule has 7 heteroatoms. The topological polar surface area (TPSA) is 49.4 Å². The van der Waals surface area contributed by atoms with Crippen molar-refractivity contribution in [2.75, 3.05) is 7.05 Å². The van der Waals surface area contributed by atoms with Gasteiger partial charge in [0.15, 0.2) is 0 Å². The number of nitrogens with one attached hydrogen (secondary N) is 1. The number of hydrogen-bond acceptors (Lipinski definition) is 2. The SMILES string of the molecule is CN1C(=O)C=C[C@]2(C)[C@H]3CC[C@]4(C)C(NC(=O)C(F)(F)F)CC[C@H]4[C@@H]3CC[C@@H]12. The lowest BCUT2D eigenvalue weighted by molar-refractivity contribution is -0.175. The van der Waals surface area contributed by atoms with Gasteiger partial charge in [-0.15, -0.1) is 0 Å². The quantitative estimate of drug-likeness (QED) is 0.733. The molecule has 4 aliphatic rings. The van der Waals surface area contributed by atoms with Crippen molar-refractivity contribution in [2.45, 2.75) is 70.6 Å². The van der Waals surface area contributed by atoms with Crippen molar-refractivity contribution >= 4 is 11.8 Å². The minimum absolute atomic E-state index is 0.0531. The van der Waals surface area contributed by atoms with Crippen molar-refractivity contribution in [2.24, 2.45) is 28.6 Å². The fraction of sp³-hybridized carbons (Fsp3) is 0.810. The second-order valence-electron chi connectivity index (χ2n) is 9.76. The van der Waals surface area contributed by atoms with Crippen LogP contribution in [0.4, 0.5) is 13.2 Å². The van der Waals surface area contributed by atoms with Gasteiger partial charge in [0.2, 0.25) is 5.91 Å². The normalized spacial score (nSPS) is 45.3. The second-order valence-corrected chi connectivity index (χ2v) is 9.76. The Morgan fingerprint density at radius 1 is 1.14 bits per heavy atom. The molecule has 4 rings (SSSR count). The zero-order valence-electron chi connectivity index (χ0n) is 16.7. The average molecular weight is 398 g/mol. The first-order chi connectivity index (χ1) is 13.0. The molecule has 0 bridgehead atoms. The van der Waals surface area contributed by atoms with Gasteiger partial charge in [-0.05, 0) is 67.8 Å². The van der Waals surface area contributed by atoms with Gasteiger partial charge in [-0.25, -0.2) is 0 Å². The van der Waals surface area contributed by atoms with Crippen LogP contribution in [0.25, 0.3) is 0 Å². The van der Waals surface area contributed by atoms with Crippen LogP contribution in [-0.2, 0) is 9.59 Å². The monoisotopic (exact) mass is 398 g/mol. The highest BCUT2D eigenvalue weighted by molar-refractivity contribution is 5.89. The van der Waals surface area contributed by atoms with E-state index in [2.05, 4.69) is 25.2 Å². The molecule has 2 amide bonds. The molecule has 0 aromatic heterocycles. The maximum atomic E-state index is 12.8. The number of rotatable bonds is 1. The number of likely N-dealkylation sites (N-methyl/N-ethyl adjacent to an activating group) is 1. The lowest BCUT2D eigenvalue weighted by Crippen LogP contribution is -2.60. The summed E-state index contributed by atoms with van der Waals surface area (Å²) >= 11 is 0. The Kier molecular flexibility index (Phi) is 4.40. The van der Waals surface area contributed by atoms with E-state index < -0.39 is 18.1 Å². The van der Waals surface area contributed by atoms with Crippen LogP contribution in [-0.4, -0.2) is 42.0 Å². The molecule has 4 nitrogen and oxygen atoms in total. The van der Waals surface area contributed by atoms with Gasteiger partial charge in [0, 0.05) is 24.5 Å². The first-order valence-corrected chi connectivity index (χ1v) is 10.3. The van der Waals surface area contributed by atoms with Crippen molar-refractivity contribution < 1.29 is 22.8 Å². The zero-order valence-corrected chi connectivity index (χ0v) is 16.7. The van der Waals surface area contributed by atoms with Crippen molar-refractivity contribution in [3.63, 3.8) is 0 Å². The van der Waals surface area contributed by atoms with Gasteiger partial charge < -0.3 is 10.2 Å². The molecular formula is C21H29F3N2O2. The van der Waals surface area contributed by atoms with Gasteiger partial charge in [0.25, 0.3) is 0 Å². The van der Waals surface area contributed by atoms with Crippen LogP contribution >= 0.6 is 0 Å². The fourth-order valence-electron chi connectivity index (χ4n) is 7.22. The molecule has 1 N–H and O–H groups in total. The number of carbonyl (C=O) groups is 2. The van der Waals surface area contributed by atoms with Gasteiger partial charge in [-0.3, -0.25) is 9.59 Å². The fourth-order valence-corrected chi connectivity index (χ4v) is 7.22. The predicted molar refractivity (Wildman–Crippen MR) is 98.1 cm³/mol. The third-order valence-electron chi connectivity index (χ3n) is 8.69. The molecule has 1 unspecified atom stereocenters. The lowest BCUT2D eigenvalue weighted by atomic mass is 9.48. The average Bonchev–Trinajstić information content (AvgIpc) is 2.94. The minimum atomic E-state index is -4.83. The molecule has 3 fully saturated rings. The number of halogens is 3. The molecule has 0 spiro atoms. The summed E-state index contributed by atoms with van der Waals surface area (Å²) in [6.45, 7) is 4.32. The summed E-state index contributed by atoms with van der Waals surface area (Å²) < 4.78 is 38.3. The Morgan fingerprint density at radius 3 is 2.54 bits per heavy atom. The molecule has 3 aliphatic carbocycles. The highest BCUT2D eigenvalue weighted by atomic mass is 19.4. The third-order valence-corrected chi connectivity index (χ3v) is 8.69. The number of alkyl halides is 3. The van der Waals surface area contributed by atoms with E-state index in [-0.39, 0.29) is 22.8 Å². The van der Waals surface area contributed by atoms with E-state index in [1.807, 2.05) is 11.9 Å². The van der Waals surface area contributed by atoms with Crippen LogP contribution in [0.3, 0.4) is 0 Å².